The molecule has 3 nitrogen and oxygen atoms in total. The summed E-state index contributed by atoms with van der Waals surface area (Å²) in [5, 5.41) is 3.00. The van der Waals surface area contributed by atoms with E-state index in [0.717, 1.165) is 17.9 Å². The first-order valence-corrected chi connectivity index (χ1v) is 10.3. The third-order valence-electron chi connectivity index (χ3n) is 5.70. The van der Waals surface area contributed by atoms with Gasteiger partial charge in [-0.05, 0) is 60.4 Å². The van der Waals surface area contributed by atoms with Crippen molar-refractivity contribution in [2.24, 2.45) is 0 Å². The number of nitrogens with one attached hydrogen (secondary N) is 1. The van der Waals surface area contributed by atoms with E-state index in [9.17, 15) is 4.79 Å². The van der Waals surface area contributed by atoms with Gasteiger partial charge >= 0.3 is 0 Å². The molecule has 1 aliphatic carbocycles. The van der Waals surface area contributed by atoms with E-state index in [0.29, 0.717) is 11.8 Å². The lowest BCUT2D eigenvalue weighted by Gasteiger charge is -2.22. The number of hydrogen-bond acceptors (Lipinski definition) is 2. The van der Waals surface area contributed by atoms with Gasteiger partial charge in [0.2, 0.25) is 0 Å². The molecule has 3 rings (SSSR count). The van der Waals surface area contributed by atoms with Crippen LogP contribution in [0.25, 0.3) is 0 Å². The fourth-order valence-corrected chi connectivity index (χ4v) is 3.87. The van der Waals surface area contributed by atoms with E-state index in [1.807, 2.05) is 30.3 Å². The highest BCUT2D eigenvalue weighted by Gasteiger charge is 2.15. The molecule has 1 aliphatic rings. The summed E-state index contributed by atoms with van der Waals surface area (Å²) in [7, 11) is 0. The molecule has 0 aliphatic heterocycles. The summed E-state index contributed by atoms with van der Waals surface area (Å²) >= 11 is 0. The van der Waals surface area contributed by atoms with Crippen molar-refractivity contribution in [3.8, 4) is 5.75 Å². The van der Waals surface area contributed by atoms with E-state index >= 15 is 0 Å². The van der Waals surface area contributed by atoms with Gasteiger partial charge in [0.25, 0.3) is 5.91 Å². The molecule has 27 heavy (non-hydrogen) atoms. The van der Waals surface area contributed by atoms with Crippen molar-refractivity contribution < 1.29 is 9.53 Å². The molecule has 1 fully saturated rings. The molecule has 1 atom stereocenters. The minimum Gasteiger partial charge on any atom is -0.484 e. The highest BCUT2D eigenvalue weighted by atomic mass is 16.5. The van der Waals surface area contributed by atoms with Crippen LogP contribution >= 0.6 is 0 Å². The molecular formula is C24H31NO2. The van der Waals surface area contributed by atoms with Crippen LogP contribution in [0.15, 0.2) is 48.5 Å². The molecular weight excluding hydrogens is 334 g/mol. The minimum atomic E-state index is -0.123. The highest BCUT2D eigenvalue weighted by molar-refractivity contribution is 5.92. The maximum atomic E-state index is 12.3. The maximum Gasteiger partial charge on any atom is 0.262 e. The monoisotopic (exact) mass is 365 g/mol. The molecule has 1 N–H and O–H groups in total. The first-order valence-electron chi connectivity index (χ1n) is 10.3. The SMILES string of the molecule is CC[C@@H](C)c1ccccc1NC(=O)COc1ccc(C2CCCCC2)cc1. The number of para-hydroxylation sites is 1. The van der Waals surface area contributed by atoms with Crippen LogP contribution in [0.3, 0.4) is 0 Å². The Hall–Kier alpha value is -2.29. The molecule has 1 amide bonds. The van der Waals surface area contributed by atoms with E-state index in [4.69, 9.17) is 4.74 Å². The molecule has 2 aromatic rings. The van der Waals surface area contributed by atoms with Gasteiger partial charge in [0, 0.05) is 5.69 Å². The first-order chi connectivity index (χ1) is 13.2. The summed E-state index contributed by atoms with van der Waals surface area (Å²) < 4.78 is 5.70. The van der Waals surface area contributed by atoms with Crippen molar-refractivity contribution in [1.82, 2.24) is 0 Å². The van der Waals surface area contributed by atoms with E-state index in [-0.39, 0.29) is 12.5 Å². The Labute approximate surface area is 163 Å². The predicted octanol–water partition coefficient (Wildman–Crippen LogP) is 6.27. The summed E-state index contributed by atoms with van der Waals surface area (Å²) in [6.45, 7) is 4.36. The number of carbonyl (C=O) groups excluding carboxylic acids is 1. The second-order valence-corrected chi connectivity index (χ2v) is 7.64. The van der Waals surface area contributed by atoms with Gasteiger partial charge in [-0.2, -0.15) is 0 Å². The fourth-order valence-electron chi connectivity index (χ4n) is 3.87. The topological polar surface area (TPSA) is 38.3 Å². The Bertz CT molecular complexity index is 732. The summed E-state index contributed by atoms with van der Waals surface area (Å²) in [4.78, 5) is 12.3. The van der Waals surface area contributed by atoms with Crippen LogP contribution in [-0.4, -0.2) is 12.5 Å². The standard InChI is InChI=1S/C24H31NO2/c1-3-18(2)22-11-7-8-12-23(22)25-24(26)17-27-21-15-13-20(14-16-21)19-9-5-4-6-10-19/h7-8,11-16,18-19H,3-6,9-10,17H2,1-2H3,(H,25,26)/t18-/m1/s1. The second-order valence-electron chi connectivity index (χ2n) is 7.64. The third-order valence-corrected chi connectivity index (χ3v) is 5.70. The number of amides is 1. The Kier molecular flexibility index (Phi) is 6.92. The van der Waals surface area contributed by atoms with Crippen LogP contribution in [0.2, 0.25) is 0 Å². The van der Waals surface area contributed by atoms with Crippen LogP contribution in [0.1, 0.15) is 75.3 Å². The Morgan fingerprint density at radius 2 is 1.78 bits per heavy atom. The summed E-state index contributed by atoms with van der Waals surface area (Å²) in [5.74, 6) is 1.73. The fraction of sp³-hybridized carbons (Fsp3) is 0.458. The average Bonchev–Trinajstić information content (AvgIpc) is 2.73. The van der Waals surface area contributed by atoms with Crippen LogP contribution in [-0.2, 0) is 4.79 Å². The van der Waals surface area contributed by atoms with Crippen molar-refractivity contribution in [2.75, 3.05) is 11.9 Å². The van der Waals surface area contributed by atoms with Crippen LogP contribution in [0.5, 0.6) is 5.75 Å². The number of benzene rings is 2. The Morgan fingerprint density at radius 3 is 2.48 bits per heavy atom. The molecule has 0 spiro atoms. The van der Waals surface area contributed by atoms with Gasteiger partial charge < -0.3 is 10.1 Å². The first kappa shape index (κ1) is 19.5. The van der Waals surface area contributed by atoms with Gasteiger partial charge in [-0.3, -0.25) is 4.79 Å². The van der Waals surface area contributed by atoms with Crippen molar-refractivity contribution in [3.05, 3.63) is 59.7 Å². The van der Waals surface area contributed by atoms with E-state index in [1.54, 1.807) is 0 Å². The molecule has 3 heteroatoms. The second kappa shape index (κ2) is 9.59. The lowest BCUT2D eigenvalue weighted by molar-refractivity contribution is -0.118. The number of carbonyl (C=O) groups is 1. The van der Waals surface area contributed by atoms with Gasteiger partial charge in [0.15, 0.2) is 6.61 Å². The molecule has 1 saturated carbocycles. The molecule has 2 aromatic carbocycles. The van der Waals surface area contributed by atoms with E-state index in [1.165, 1.54) is 43.2 Å². The largest absolute Gasteiger partial charge is 0.484 e. The van der Waals surface area contributed by atoms with Gasteiger partial charge in [-0.25, -0.2) is 0 Å². The van der Waals surface area contributed by atoms with Gasteiger partial charge in [-0.1, -0.05) is 63.4 Å². The number of anilines is 1. The molecule has 0 heterocycles. The maximum absolute atomic E-state index is 12.3. The van der Waals surface area contributed by atoms with Crippen molar-refractivity contribution in [3.63, 3.8) is 0 Å². The predicted molar refractivity (Wildman–Crippen MR) is 112 cm³/mol. The normalized spacial score (nSPS) is 15.9. The van der Waals surface area contributed by atoms with E-state index in [2.05, 4.69) is 37.4 Å². The summed E-state index contributed by atoms with van der Waals surface area (Å²) in [6.07, 6.45) is 7.66. The number of hydrogen-bond donors (Lipinski definition) is 1. The third kappa shape index (κ3) is 5.35. The Balaban J connectivity index is 1.53. The number of rotatable bonds is 7. The summed E-state index contributed by atoms with van der Waals surface area (Å²) in [5.41, 5.74) is 3.45. The lowest BCUT2D eigenvalue weighted by atomic mass is 9.84. The van der Waals surface area contributed by atoms with Crippen LogP contribution in [0.4, 0.5) is 5.69 Å². The van der Waals surface area contributed by atoms with Gasteiger partial charge in [0.05, 0.1) is 0 Å². The van der Waals surface area contributed by atoms with Crippen molar-refractivity contribution in [1.29, 1.82) is 0 Å². The molecule has 0 radical (unpaired) electrons. The lowest BCUT2D eigenvalue weighted by Crippen LogP contribution is -2.21. The highest BCUT2D eigenvalue weighted by Crippen LogP contribution is 2.33. The quantitative estimate of drug-likeness (QED) is 0.628. The summed E-state index contributed by atoms with van der Waals surface area (Å²) in [6, 6.07) is 16.3. The molecule has 0 aromatic heterocycles. The van der Waals surface area contributed by atoms with E-state index < -0.39 is 0 Å². The molecule has 0 saturated heterocycles. The minimum absolute atomic E-state index is 0.0254. The average molecular weight is 366 g/mol. The smallest absolute Gasteiger partial charge is 0.262 e. The van der Waals surface area contributed by atoms with Gasteiger partial charge in [0.1, 0.15) is 5.75 Å². The Morgan fingerprint density at radius 1 is 1.07 bits per heavy atom. The number of ether oxygens (including phenoxy) is 1. The van der Waals surface area contributed by atoms with Crippen LogP contribution < -0.4 is 10.1 Å². The zero-order chi connectivity index (χ0) is 19.1. The van der Waals surface area contributed by atoms with Crippen molar-refractivity contribution in [2.45, 2.75) is 64.2 Å². The molecule has 0 unspecified atom stereocenters. The van der Waals surface area contributed by atoms with Crippen molar-refractivity contribution >= 4 is 11.6 Å². The zero-order valence-electron chi connectivity index (χ0n) is 16.5. The van der Waals surface area contributed by atoms with Gasteiger partial charge in [-0.15, -0.1) is 0 Å². The molecule has 144 valence electrons. The van der Waals surface area contributed by atoms with Crippen LogP contribution in [0, 0.1) is 0 Å². The zero-order valence-corrected chi connectivity index (χ0v) is 16.5. The molecule has 0 bridgehead atoms.